The molecule has 5 nitrogen and oxygen atoms in total. The number of anilines is 1. The van der Waals surface area contributed by atoms with Crippen molar-refractivity contribution < 1.29 is 18.7 Å². The van der Waals surface area contributed by atoms with Gasteiger partial charge in [0.25, 0.3) is 0 Å². The summed E-state index contributed by atoms with van der Waals surface area (Å²) in [6.45, 7) is 5.52. The van der Waals surface area contributed by atoms with Gasteiger partial charge in [0.2, 0.25) is 11.7 Å². The van der Waals surface area contributed by atoms with Crippen LogP contribution in [0, 0.1) is 12.8 Å². The van der Waals surface area contributed by atoms with Crippen LogP contribution in [0.25, 0.3) is 11.0 Å². The lowest BCUT2D eigenvalue weighted by molar-refractivity contribution is -0.118. The molecule has 0 unspecified atom stereocenters. The van der Waals surface area contributed by atoms with Gasteiger partial charge >= 0.3 is 0 Å². The van der Waals surface area contributed by atoms with E-state index in [1.807, 2.05) is 32.9 Å². The zero-order valence-corrected chi connectivity index (χ0v) is 15.3. The molecule has 0 radical (unpaired) electrons. The molecule has 1 heterocycles. The zero-order valence-electron chi connectivity index (χ0n) is 15.3. The molecule has 134 valence electrons. The van der Waals surface area contributed by atoms with Crippen molar-refractivity contribution >= 4 is 28.3 Å². The molecule has 0 bridgehead atoms. The number of methoxy groups -OCH3 is 1. The molecule has 0 aliphatic rings. The fourth-order valence-electron chi connectivity index (χ4n) is 2.68. The summed E-state index contributed by atoms with van der Waals surface area (Å²) in [5.41, 5.74) is 2.53. The number of rotatable bonds is 5. The quantitative estimate of drug-likeness (QED) is 0.683. The van der Waals surface area contributed by atoms with Gasteiger partial charge in [0.05, 0.1) is 7.11 Å². The average Bonchev–Trinajstić information content (AvgIpc) is 2.97. The topological polar surface area (TPSA) is 68.5 Å². The van der Waals surface area contributed by atoms with Gasteiger partial charge in [-0.05, 0) is 43.3 Å². The lowest BCUT2D eigenvalue weighted by Crippen LogP contribution is -2.17. The predicted molar refractivity (Wildman–Crippen MR) is 101 cm³/mol. The predicted octanol–water partition coefficient (Wildman–Crippen LogP) is 4.58. The van der Waals surface area contributed by atoms with Crippen molar-refractivity contribution in [3.63, 3.8) is 0 Å². The molecule has 3 rings (SSSR count). The molecule has 0 saturated heterocycles. The van der Waals surface area contributed by atoms with Crippen molar-refractivity contribution in [3.05, 3.63) is 59.4 Å². The smallest absolute Gasteiger partial charge is 0.228 e. The summed E-state index contributed by atoms with van der Waals surface area (Å²) in [6, 6.07) is 12.3. The number of benzene rings is 2. The first-order valence-electron chi connectivity index (χ1n) is 8.43. The minimum atomic E-state index is -0.186. The van der Waals surface area contributed by atoms with Crippen LogP contribution in [-0.2, 0) is 4.79 Å². The van der Waals surface area contributed by atoms with Gasteiger partial charge in [-0.25, -0.2) is 0 Å². The Morgan fingerprint density at radius 3 is 2.38 bits per heavy atom. The van der Waals surface area contributed by atoms with E-state index in [1.54, 1.807) is 37.4 Å². The number of carbonyl (C=O) groups excluding carboxylic acids is 2. The third kappa shape index (κ3) is 3.33. The molecule has 0 aliphatic heterocycles. The van der Waals surface area contributed by atoms with Crippen molar-refractivity contribution in [1.29, 1.82) is 0 Å². The second-order valence-corrected chi connectivity index (χ2v) is 6.47. The first-order valence-corrected chi connectivity index (χ1v) is 8.43. The molecule has 0 fully saturated rings. The lowest BCUT2D eigenvalue weighted by atomic mass is 10.0. The Morgan fingerprint density at radius 1 is 1.08 bits per heavy atom. The number of nitrogens with one attached hydrogen (secondary N) is 1. The van der Waals surface area contributed by atoms with Gasteiger partial charge in [-0.2, -0.15) is 0 Å². The van der Waals surface area contributed by atoms with Crippen molar-refractivity contribution in [2.75, 3.05) is 12.4 Å². The number of amides is 1. The highest BCUT2D eigenvalue weighted by Crippen LogP contribution is 2.29. The molecule has 3 aromatic rings. The summed E-state index contributed by atoms with van der Waals surface area (Å²) in [5, 5.41) is 3.69. The Hall–Kier alpha value is -3.08. The van der Waals surface area contributed by atoms with Crippen LogP contribution in [0.3, 0.4) is 0 Å². The Kier molecular flexibility index (Phi) is 4.80. The molecule has 0 aliphatic carbocycles. The van der Waals surface area contributed by atoms with Crippen LogP contribution >= 0.6 is 0 Å². The fourth-order valence-corrected chi connectivity index (χ4v) is 2.68. The third-order valence-corrected chi connectivity index (χ3v) is 4.29. The minimum absolute atomic E-state index is 0.0674. The Labute approximate surface area is 152 Å². The van der Waals surface area contributed by atoms with E-state index >= 15 is 0 Å². The average molecular weight is 351 g/mol. The highest BCUT2D eigenvalue weighted by molar-refractivity contribution is 6.10. The largest absolute Gasteiger partial charge is 0.497 e. The number of carbonyl (C=O) groups is 2. The number of aryl methyl sites for hydroxylation is 1. The Balaban J connectivity index is 1.94. The minimum Gasteiger partial charge on any atom is -0.497 e. The molecule has 1 amide bonds. The molecule has 0 spiro atoms. The van der Waals surface area contributed by atoms with Gasteiger partial charge in [-0.3, -0.25) is 9.59 Å². The summed E-state index contributed by atoms with van der Waals surface area (Å²) in [5.74, 6) is 0.624. The lowest BCUT2D eigenvalue weighted by Gasteiger charge is -2.07. The van der Waals surface area contributed by atoms with Gasteiger partial charge in [0, 0.05) is 34.2 Å². The maximum atomic E-state index is 12.8. The maximum Gasteiger partial charge on any atom is 0.228 e. The molecular formula is C21H21NO4. The molecule has 1 aromatic heterocycles. The second kappa shape index (κ2) is 7.04. The van der Waals surface area contributed by atoms with Crippen LogP contribution in [-0.4, -0.2) is 18.8 Å². The van der Waals surface area contributed by atoms with Crippen LogP contribution < -0.4 is 10.1 Å². The van der Waals surface area contributed by atoms with Crippen LogP contribution in [0.1, 0.15) is 35.5 Å². The summed E-state index contributed by atoms with van der Waals surface area (Å²) in [6.07, 6.45) is 0. The standard InChI is InChI=1S/C21H21NO4/c1-12(2)21(24)22-15-7-10-17-13(3)20(26-18(17)11-15)19(23)14-5-8-16(25-4)9-6-14/h5-12H,1-4H3,(H,22,24). The first-order chi connectivity index (χ1) is 12.4. The second-order valence-electron chi connectivity index (χ2n) is 6.47. The van der Waals surface area contributed by atoms with Crippen molar-refractivity contribution in [2.24, 2.45) is 5.92 Å². The number of ketones is 1. The molecule has 5 heteroatoms. The van der Waals surface area contributed by atoms with Crippen LogP contribution in [0.5, 0.6) is 5.75 Å². The van der Waals surface area contributed by atoms with Gasteiger partial charge in [0.15, 0.2) is 5.76 Å². The third-order valence-electron chi connectivity index (χ3n) is 4.29. The van der Waals surface area contributed by atoms with E-state index in [9.17, 15) is 9.59 Å². The Bertz CT molecular complexity index is 968. The number of furan rings is 1. The summed E-state index contributed by atoms with van der Waals surface area (Å²) < 4.78 is 10.9. The van der Waals surface area contributed by atoms with Crippen LogP contribution in [0.4, 0.5) is 5.69 Å². The maximum absolute atomic E-state index is 12.8. The molecule has 0 saturated carbocycles. The van der Waals surface area contributed by atoms with Gasteiger partial charge < -0.3 is 14.5 Å². The first kappa shape index (κ1) is 17.7. The van der Waals surface area contributed by atoms with Crippen molar-refractivity contribution in [2.45, 2.75) is 20.8 Å². The van der Waals surface area contributed by atoms with Gasteiger partial charge in [-0.15, -0.1) is 0 Å². The van der Waals surface area contributed by atoms with Crippen molar-refractivity contribution in [3.8, 4) is 5.75 Å². The van der Waals surface area contributed by atoms with E-state index in [-0.39, 0.29) is 17.6 Å². The number of ether oxygens (including phenoxy) is 1. The van der Waals surface area contributed by atoms with Gasteiger partial charge in [0.1, 0.15) is 11.3 Å². The number of hydrogen-bond donors (Lipinski definition) is 1. The van der Waals surface area contributed by atoms with E-state index in [2.05, 4.69) is 5.32 Å². The molecular weight excluding hydrogens is 330 g/mol. The fraction of sp³-hybridized carbons (Fsp3) is 0.238. The van der Waals surface area contributed by atoms with E-state index < -0.39 is 0 Å². The highest BCUT2D eigenvalue weighted by atomic mass is 16.5. The van der Waals surface area contributed by atoms with Crippen LogP contribution in [0.2, 0.25) is 0 Å². The molecule has 0 atom stereocenters. The highest BCUT2D eigenvalue weighted by Gasteiger charge is 2.20. The van der Waals surface area contributed by atoms with Crippen molar-refractivity contribution in [1.82, 2.24) is 0 Å². The summed E-state index contributed by atoms with van der Waals surface area (Å²) >= 11 is 0. The molecule has 2 aromatic carbocycles. The Morgan fingerprint density at radius 2 is 1.77 bits per heavy atom. The van der Waals surface area contributed by atoms with E-state index in [0.29, 0.717) is 28.3 Å². The molecule has 26 heavy (non-hydrogen) atoms. The summed E-state index contributed by atoms with van der Waals surface area (Å²) in [4.78, 5) is 24.6. The number of fused-ring (bicyclic) bond motifs is 1. The SMILES string of the molecule is COc1ccc(C(=O)c2oc3cc(NC(=O)C(C)C)ccc3c2C)cc1. The van der Waals surface area contributed by atoms with E-state index in [1.165, 1.54) is 0 Å². The van der Waals surface area contributed by atoms with Gasteiger partial charge in [-0.1, -0.05) is 13.8 Å². The normalized spacial score (nSPS) is 11.0. The van der Waals surface area contributed by atoms with Crippen LogP contribution in [0.15, 0.2) is 46.9 Å². The zero-order chi connectivity index (χ0) is 18.8. The van der Waals surface area contributed by atoms with E-state index in [0.717, 1.165) is 10.9 Å². The number of hydrogen-bond acceptors (Lipinski definition) is 4. The van der Waals surface area contributed by atoms with E-state index in [4.69, 9.17) is 9.15 Å². The monoisotopic (exact) mass is 351 g/mol. The summed E-state index contributed by atoms with van der Waals surface area (Å²) in [7, 11) is 1.58. The molecule has 1 N–H and O–H groups in total.